The summed E-state index contributed by atoms with van der Waals surface area (Å²) in [5.74, 6) is -0.610. The van der Waals surface area contributed by atoms with Crippen molar-refractivity contribution in [3.8, 4) is 0 Å². The first-order valence-electron chi connectivity index (χ1n) is 10.3. The second-order valence-corrected chi connectivity index (χ2v) is 7.80. The van der Waals surface area contributed by atoms with Gasteiger partial charge in [-0.15, -0.1) is 5.06 Å². The highest BCUT2D eigenvalue weighted by atomic mass is 16.7. The van der Waals surface area contributed by atoms with Gasteiger partial charge in [0.1, 0.15) is 11.0 Å². The smallest absolute Gasteiger partial charge is 0.285 e. The molecule has 8 nitrogen and oxygen atoms in total. The first-order chi connectivity index (χ1) is 15.1. The summed E-state index contributed by atoms with van der Waals surface area (Å²) in [5, 5.41) is 0.856. The molecule has 1 aliphatic heterocycles. The van der Waals surface area contributed by atoms with Crippen molar-refractivity contribution in [3.05, 3.63) is 65.7 Å². The van der Waals surface area contributed by atoms with Gasteiger partial charge in [0.05, 0.1) is 40.8 Å². The molecular formula is C23H21N5O3. The Kier molecular flexibility index (Phi) is 4.71. The number of hydroxylamine groups is 2. The van der Waals surface area contributed by atoms with E-state index in [2.05, 4.69) is 23.8 Å². The van der Waals surface area contributed by atoms with Crippen LogP contribution in [0.15, 0.2) is 48.9 Å². The minimum Gasteiger partial charge on any atom is -0.329 e. The second kappa shape index (κ2) is 7.55. The molecule has 0 atom stereocenters. The van der Waals surface area contributed by atoms with Gasteiger partial charge in [0.2, 0.25) is 0 Å². The molecule has 1 aromatic carbocycles. The lowest BCUT2D eigenvalue weighted by Gasteiger charge is -2.14. The van der Waals surface area contributed by atoms with Crippen LogP contribution in [0.5, 0.6) is 0 Å². The largest absolute Gasteiger partial charge is 0.329 e. The summed E-state index contributed by atoms with van der Waals surface area (Å²) in [6, 6.07) is 10.6. The Balaban J connectivity index is 1.34. The Morgan fingerprint density at radius 2 is 1.71 bits per heavy atom. The van der Waals surface area contributed by atoms with Crippen LogP contribution >= 0.6 is 0 Å². The number of rotatable bonds is 6. The lowest BCUT2D eigenvalue weighted by Crippen LogP contribution is -2.30. The molecule has 0 radical (unpaired) electrons. The van der Waals surface area contributed by atoms with Gasteiger partial charge in [0.15, 0.2) is 0 Å². The van der Waals surface area contributed by atoms with Crippen molar-refractivity contribution in [1.29, 1.82) is 0 Å². The quantitative estimate of drug-likeness (QED) is 0.352. The van der Waals surface area contributed by atoms with Gasteiger partial charge >= 0.3 is 0 Å². The number of carbonyl (C=O) groups excluding carboxylic acids is 2. The monoisotopic (exact) mass is 415 g/mol. The van der Waals surface area contributed by atoms with E-state index in [0.717, 1.165) is 32.8 Å². The Morgan fingerprint density at radius 3 is 2.42 bits per heavy atom. The number of imidazole rings is 1. The summed E-state index contributed by atoms with van der Waals surface area (Å²) in [7, 11) is 0. The molecule has 8 heteroatoms. The molecule has 0 bridgehead atoms. The third kappa shape index (κ3) is 3.16. The number of imide groups is 1. The summed E-state index contributed by atoms with van der Waals surface area (Å²) in [6.45, 7) is 5.02. The Hall–Kier alpha value is -3.65. The number of amides is 2. The van der Waals surface area contributed by atoms with Crippen LogP contribution in [0.3, 0.4) is 0 Å². The van der Waals surface area contributed by atoms with E-state index in [1.54, 1.807) is 36.8 Å². The molecule has 1 aliphatic rings. The van der Waals surface area contributed by atoms with Gasteiger partial charge in [0, 0.05) is 12.7 Å². The first-order valence-corrected chi connectivity index (χ1v) is 10.3. The van der Waals surface area contributed by atoms with E-state index in [-0.39, 0.29) is 12.5 Å². The van der Waals surface area contributed by atoms with Gasteiger partial charge in [-0.2, -0.15) is 0 Å². The van der Waals surface area contributed by atoms with E-state index in [1.807, 2.05) is 16.7 Å². The van der Waals surface area contributed by atoms with E-state index in [4.69, 9.17) is 9.82 Å². The number of fused-ring (bicyclic) bond motifs is 4. The third-order valence-corrected chi connectivity index (χ3v) is 5.40. The van der Waals surface area contributed by atoms with Crippen molar-refractivity contribution in [2.24, 2.45) is 0 Å². The molecule has 3 aromatic heterocycles. The average Bonchev–Trinajstić information content (AvgIpc) is 3.31. The highest BCUT2D eigenvalue weighted by Crippen LogP contribution is 2.28. The Morgan fingerprint density at radius 1 is 0.968 bits per heavy atom. The van der Waals surface area contributed by atoms with Crippen molar-refractivity contribution in [1.82, 2.24) is 24.6 Å². The molecule has 0 saturated carbocycles. The van der Waals surface area contributed by atoms with Gasteiger partial charge in [0.25, 0.3) is 11.8 Å². The SMILES string of the molecule is CC(C)c1nc2cccnc2c2c1ncn2CCCON1C(=O)c2ccccc2C1=O. The van der Waals surface area contributed by atoms with E-state index < -0.39 is 11.8 Å². The van der Waals surface area contributed by atoms with Crippen molar-refractivity contribution >= 4 is 33.9 Å². The minimum atomic E-state index is -0.420. The molecule has 5 rings (SSSR count). The van der Waals surface area contributed by atoms with Crippen molar-refractivity contribution < 1.29 is 14.4 Å². The average molecular weight is 415 g/mol. The molecule has 0 saturated heterocycles. The minimum absolute atomic E-state index is 0.221. The summed E-state index contributed by atoms with van der Waals surface area (Å²) in [5.41, 5.74) is 5.12. The first kappa shape index (κ1) is 19.3. The summed E-state index contributed by atoms with van der Waals surface area (Å²) < 4.78 is 2.03. The van der Waals surface area contributed by atoms with Crippen LogP contribution in [0.25, 0.3) is 22.1 Å². The number of aryl methyl sites for hydroxylation is 1. The van der Waals surface area contributed by atoms with E-state index >= 15 is 0 Å². The lowest BCUT2D eigenvalue weighted by atomic mass is 10.1. The van der Waals surface area contributed by atoms with Crippen LogP contribution in [0.4, 0.5) is 0 Å². The van der Waals surface area contributed by atoms with Crippen molar-refractivity contribution in [2.45, 2.75) is 32.7 Å². The van der Waals surface area contributed by atoms with Crippen molar-refractivity contribution in [2.75, 3.05) is 6.61 Å². The molecule has 156 valence electrons. The van der Waals surface area contributed by atoms with Gasteiger partial charge in [-0.25, -0.2) is 9.97 Å². The van der Waals surface area contributed by atoms with Crippen LogP contribution in [-0.2, 0) is 11.4 Å². The molecular weight excluding hydrogens is 394 g/mol. The molecule has 4 heterocycles. The van der Waals surface area contributed by atoms with Gasteiger partial charge in [-0.1, -0.05) is 26.0 Å². The summed E-state index contributed by atoms with van der Waals surface area (Å²) in [6.07, 6.45) is 4.13. The summed E-state index contributed by atoms with van der Waals surface area (Å²) >= 11 is 0. The van der Waals surface area contributed by atoms with Gasteiger partial charge in [-0.3, -0.25) is 19.4 Å². The van der Waals surface area contributed by atoms with E-state index in [9.17, 15) is 9.59 Å². The number of hydrogen-bond donors (Lipinski definition) is 0. The molecule has 0 fully saturated rings. The fourth-order valence-electron chi connectivity index (χ4n) is 3.92. The molecule has 4 aromatic rings. The van der Waals surface area contributed by atoms with E-state index in [1.165, 1.54) is 0 Å². The number of carbonyl (C=O) groups is 2. The third-order valence-electron chi connectivity index (χ3n) is 5.40. The maximum atomic E-state index is 12.4. The van der Waals surface area contributed by atoms with Crippen LogP contribution in [-0.4, -0.2) is 43.0 Å². The predicted molar refractivity (Wildman–Crippen MR) is 114 cm³/mol. The number of pyridine rings is 2. The van der Waals surface area contributed by atoms with Crippen LogP contribution in [0.1, 0.15) is 52.6 Å². The standard InChI is InChI=1S/C23H21N5O3/c1-14(2)18-20-21(19-17(26-18)9-5-10-24-19)27(13-25-20)11-6-12-31-28-22(29)15-7-3-4-8-16(15)23(28)30/h3-5,7-10,13-14H,6,11-12H2,1-2H3. The molecule has 2 amide bonds. The van der Waals surface area contributed by atoms with Crippen molar-refractivity contribution in [3.63, 3.8) is 0 Å². The van der Waals surface area contributed by atoms with Gasteiger partial charge in [-0.05, 0) is 36.6 Å². The zero-order valence-corrected chi connectivity index (χ0v) is 17.3. The predicted octanol–water partition coefficient (Wildman–Crippen LogP) is 3.72. The maximum Gasteiger partial charge on any atom is 0.285 e. The number of aromatic nitrogens is 4. The topological polar surface area (TPSA) is 90.2 Å². The number of hydrogen-bond acceptors (Lipinski definition) is 6. The highest BCUT2D eigenvalue weighted by Gasteiger charge is 2.36. The molecule has 0 spiro atoms. The summed E-state index contributed by atoms with van der Waals surface area (Å²) in [4.78, 5) is 44.2. The Bertz CT molecular complexity index is 1290. The maximum absolute atomic E-state index is 12.4. The Labute approximate surface area is 178 Å². The zero-order valence-electron chi connectivity index (χ0n) is 17.3. The van der Waals surface area contributed by atoms with Crippen LogP contribution in [0.2, 0.25) is 0 Å². The second-order valence-electron chi connectivity index (χ2n) is 7.80. The fourth-order valence-corrected chi connectivity index (χ4v) is 3.92. The molecule has 0 N–H and O–H groups in total. The fraction of sp³-hybridized carbons (Fsp3) is 0.261. The highest BCUT2D eigenvalue weighted by molar-refractivity contribution is 6.20. The van der Waals surface area contributed by atoms with Gasteiger partial charge < -0.3 is 4.57 Å². The lowest BCUT2D eigenvalue weighted by molar-refractivity contribution is -0.0925. The zero-order chi connectivity index (χ0) is 21.5. The molecule has 0 unspecified atom stereocenters. The normalized spacial score (nSPS) is 13.7. The number of nitrogens with zero attached hydrogens (tertiary/aromatic N) is 5. The molecule has 0 aliphatic carbocycles. The van der Waals surface area contributed by atoms with Crippen LogP contribution in [0, 0.1) is 0 Å². The van der Waals surface area contributed by atoms with Crippen LogP contribution < -0.4 is 0 Å². The molecule has 31 heavy (non-hydrogen) atoms. The number of benzene rings is 1. The van der Waals surface area contributed by atoms with E-state index in [0.29, 0.717) is 24.1 Å².